The standard InChI is InChI=1S/C24H28ClN3O2/c1-5-20-22(28-15-18(25)10-11-21(28)27-20)23(30)26-14-17-8-6-16(7-9-17)12-19(29)13-24(2,3)4/h6-11,15H,5,12-14H2,1-4H3,(H,26,30). The summed E-state index contributed by atoms with van der Waals surface area (Å²) in [5.74, 6) is 0.0490. The number of nitrogens with one attached hydrogen (secondary N) is 1. The fraction of sp³-hybridized carbons (Fsp3) is 0.375. The monoisotopic (exact) mass is 425 g/mol. The molecule has 0 spiro atoms. The zero-order chi connectivity index (χ0) is 21.9. The zero-order valence-corrected chi connectivity index (χ0v) is 18.7. The Bertz CT molecular complexity index is 1060. The van der Waals surface area contributed by atoms with E-state index in [9.17, 15) is 9.59 Å². The van der Waals surface area contributed by atoms with Gasteiger partial charge in [-0.05, 0) is 35.1 Å². The van der Waals surface area contributed by atoms with Crippen molar-refractivity contribution >= 4 is 28.9 Å². The Morgan fingerprint density at radius 3 is 2.37 bits per heavy atom. The number of aryl methyl sites for hydroxylation is 1. The summed E-state index contributed by atoms with van der Waals surface area (Å²) in [4.78, 5) is 29.6. The third-order valence-corrected chi connectivity index (χ3v) is 5.03. The summed E-state index contributed by atoms with van der Waals surface area (Å²) in [6.07, 6.45) is 3.36. The first kappa shape index (κ1) is 22.0. The molecule has 30 heavy (non-hydrogen) atoms. The highest BCUT2D eigenvalue weighted by atomic mass is 35.5. The third kappa shape index (κ3) is 5.48. The molecule has 1 amide bonds. The van der Waals surface area contributed by atoms with E-state index in [1.165, 1.54) is 0 Å². The van der Waals surface area contributed by atoms with Crippen molar-refractivity contribution in [1.82, 2.24) is 14.7 Å². The Hall–Kier alpha value is -2.66. The molecule has 2 aromatic heterocycles. The quantitative estimate of drug-likeness (QED) is 0.577. The van der Waals surface area contributed by atoms with E-state index < -0.39 is 0 Å². The van der Waals surface area contributed by atoms with Gasteiger partial charge in [0, 0.05) is 25.6 Å². The Labute approximate surface area is 182 Å². The highest BCUT2D eigenvalue weighted by Gasteiger charge is 2.19. The molecule has 0 atom stereocenters. The van der Waals surface area contributed by atoms with Crippen molar-refractivity contribution in [2.45, 2.75) is 53.5 Å². The molecule has 3 rings (SSSR count). The predicted molar refractivity (Wildman–Crippen MR) is 120 cm³/mol. The lowest BCUT2D eigenvalue weighted by molar-refractivity contribution is -0.120. The summed E-state index contributed by atoms with van der Waals surface area (Å²) in [6, 6.07) is 11.4. The Morgan fingerprint density at radius 2 is 1.73 bits per heavy atom. The lowest BCUT2D eigenvalue weighted by Gasteiger charge is -2.16. The molecule has 0 aliphatic carbocycles. The van der Waals surface area contributed by atoms with Gasteiger partial charge in [0.1, 0.15) is 17.1 Å². The van der Waals surface area contributed by atoms with Crippen LogP contribution >= 0.6 is 11.6 Å². The molecule has 1 N–H and O–H groups in total. The minimum Gasteiger partial charge on any atom is -0.347 e. The van der Waals surface area contributed by atoms with Crippen LogP contribution in [0.5, 0.6) is 0 Å². The Morgan fingerprint density at radius 1 is 1.07 bits per heavy atom. The van der Waals surface area contributed by atoms with Gasteiger partial charge < -0.3 is 5.32 Å². The van der Waals surface area contributed by atoms with E-state index in [1.54, 1.807) is 22.7 Å². The second kappa shape index (κ2) is 9.00. The Kier molecular flexibility index (Phi) is 6.61. The normalized spacial score (nSPS) is 11.6. The summed E-state index contributed by atoms with van der Waals surface area (Å²) in [5, 5.41) is 3.52. The van der Waals surface area contributed by atoms with Gasteiger partial charge in [-0.25, -0.2) is 4.98 Å². The number of imidazole rings is 1. The van der Waals surface area contributed by atoms with E-state index >= 15 is 0 Å². The molecule has 2 heterocycles. The number of nitrogens with zero attached hydrogens (tertiary/aromatic N) is 2. The molecule has 0 saturated carbocycles. The second-order valence-corrected chi connectivity index (χ2v) is 9.22. The number of pyridine rings is 1. The van der Waals surface area contributed by atoms with Gasteiger partial charge in [0.2, 0.25) is 0 Å². The van der Waals surface area contributed by atoms with Crippen molar-refractivity contribution in [3.05, 3.63) is 70.1 Å². The third-order valence-electron chi connectivity index (χ3n) is 4.81. The second-order valence-electron chi connectivity index (χ2n) is 8.79. The molecule has 1 aromatic carbocycles. The molecule has 0 saturated heterocycles. The minimum absolute atomic E-state index is 0.000709. The van der Waals surface area contributed by atoms with Crippen LogP contribution in [0, 0.1) is 5.41 Å². The lowest BCUT2D eigenvalue weighted by Crippen LogP contribution is -2.25. The summed E-state index contributed by atoms with van der Waals surface area (Å²) in [7, 11) is 0. The van der Waals surface area contributed by atoms with Crippen molar-refractivity contribution in [3.63, 3.8) is 0 Å². The van der Waals surface area contributed by atoms with Crippen LogP contribution in [0.25, 0.3) is 5.65 Å². The van der Waals surface area contributed by atoms with E-state index in [1.807, 2.05) is 31.2 Å². The highest BCUT2D eigenvalue weighted by molar-refractivity contribution is 6.30. The van der Waals surface area contributed by atoms with Gasteiger partial charge >= 0.3 is 0 Å². The van der Waals surface area contributed by atoms with E-state index in [-0.39, 0.29) is 17.1 Å². The summed E-state index contributed by atoms with van der Waals surface area (Å²) in [6.45, 7) is 8.57. The number of ketones is 1. The van der Waals surface area contributed by atoms with Crippen LogP contribution in [0.1, 0.15) is 61.4 Å². The first-order valence-corrected chi connectivity index (χ1v) is 10.6. The number of hydrogen-bond acceptors (Lipinski definition) is 3. The van der Waals surface area contributed by atoms with Crippen molar-refractivity contribution < 1.29 is 9.59 Å². The molecular formula is C24H28ClN3O2. The molecule has 0 unspecified atom stereocenters. The SMILES string of the molecule is CCc1nc2ccc(Cl)cn2c1C(=O)NCc1ccc(CC(=O)CC(C)(C)C)cc1. The van der Waals surface area contributed by atoms with Gasteiger partial charge in [-0.2, -0.15) is 0 Å². The molecule has 6 heteroatoms. The molecule has 3 aromatic rings. The van der Waals surface area contributed by atoms with Crippen LogP contribution in [0.15, 0.2) is 42.6 Å². The molecule has 5 nitrogen and oxygen atoms in total. The van der Waals surface area contributed by atoms with Crippen LogP contribution in [0.4, 0.5) is 0 Å². The first-order valence-electron chi connectivity index (χ1n) is 10.2. The summed E-state index contributed by atoms with van der Waals surface area (Å²) < 4.78 is 1.74. The van der Waals surface area contributed by atoms with Gasteiger partial charge in [0.25, 0.3) is 5.91 Å². The fourth-order valence-corrected chi connectivity index (χ4v) is 3.64. The average Bonchev–Trinajstić information content (AvgIpc) is 3.03. The van der Waals surface area contributed by atoms with Gasteiger partial charge in [0.15, 0.2) is 0 Å². The number of hydrogen-bond donors (Lipinski definition) is 1. The van der Waals surface area contributed by atoms with Crippen molar-refractivity contribution in [3.8, 4) is 0 Å². The maximum atomic E-state index is 12.9. The smallest absolute Gasteiger partial charge is 0.270 e. The molecule has 0 radical (unpaired) electrons. The number of benzene rings is 1. The molecule has 0 fully saturated rings. The molecule has 158 valence electrons. The molecule has 0 aliphatic rings. The van der Waals surface area contributed by atoms with Crippen molar-refractivity contribution in [1.29, 1.82) is 0 Å². The minimum atomic E-state index is -0.189. The number of amides is 1. The maximum absolute atomic E-state index is 12.9. The van der Waals surface area contributed by atoms with Gasteiger partial charge in [-0.3, -0.25) is 14.0 Å². The number of fused-ring (bicyclic) bond motifs is 1. The number of carbonyl (C=O) groups is 2. The van der Waals surface area contributed by atoms with Gasteiger partial charge in [-0.1, -0.05) is 63.6 Å². The number of carbonyl (C=O) groups excluding carboxylic acids is 2. The highest BCUT2D eigenvalue weighted by Crippen LogP contribution is 2.20. The first-order chi connectivity index (χ1) is 14.2. The average molecular weight is 426 g/mol. The number of aromatic nitrogens is 2. The number of rotatable bonds is 7. The fourth-order valence-electron chi connectivity index (χ4n) is 3.48. The summed E-state index contributed by atoms with van der Waals surface area (Å²) in [5.41, 5.74) is 3.91. The molecule has 0 bridgehead atoms. The van der Waals surface area contributed by atoms with Crippen LogP contribution in [0.2, 0.25) is 5.02 Å². The number of Topliss-reactive ketones (excluding diaryl/α,β-unsaturated/α-hetero) is 1. The predicted octanol–water partition coefficient (Wildman–Crippen LogP) is 5.03. The largest absolute Gasteiger partial charge is 0.347 e. The van der Waals surface area contributed by atoms with Crippen LogP contribution in [0.3, 0.4) is 0 Å². The van der Waals surface area contributed by atoms with E-state index in [0.29, 0.717) is 42.2 Å². The van der Waals surface area contributed by atoms with Gasteiger partial charge in [-0.15, -0.1) is 0 Å². The lowest BCUT2D eigenvalue weighted by atomic mass is 9.88. The topological polar surface area (TPSA) is 63.5 Å². The summed E-state index contributed by atoms with van der Waals surface area (Å²) >= 11 is 6.10. The van der Waals surface area contributed by atoms with E-state index in [2.05, 4.69) is 31.1 Å². The Balaban J connectivity index is 1.66. The molecular weight excluding hydrogens is 398 g/mol. The van der Waals surface area contributed by atoms with E-state index in [4.69, 9.17) is 11.6 Å². The zero-order valence-electron chi connectivity index (χ0n) is 18.0. The maximum Gasteiger partial charge on any atom is 0.270 e. The van der Waals surface area contributed by atoms with Crippen LogP contribution in [-0.2, 0) is 24.2 Å². The molecule has 0 aliphatic heterocycles. The number of halogens is 1. The van der Waals surface area contributed by atoms with Crippen LogP contribution < -0.4 is 5.32 Å². The van der Waals surface area contributed by atoms with Crippen molar-refractivity contribution in [2.24, 2.45) is 5.41 Å². The van der Waals surface area contributed by atoms with Crippen LogP contribution in [-0.4, -0.2) is 21.1 Å². The van der Waals surface area contributed by atoms with Gasteiger partial charge in [0.05, 0.1) is 10.7 Å². The van der Waals surface area contributed by atoms with E-state index in [0.717, 1.165) is 16.8 Å². The van der Waals surface area contributed by atoms with Crippen molar-refractivity contribution in [2.75, 3.05) is 0 Å².